The van der Waals surface area contributed by atoms with Gasteiger partial charge in [-0.15, -0.1) is 0 Å². The van der Waals surface area contributed by atoms with Crippen molar-refractivity contribution in [3.05, 3.63) is 28.8 Å². The molecule has 0 atom stereocenters. The van der Waals surface area contributed by atoms with Gasteiger partial charge in [-0.3, -0.25) is 4.79 Å². The predicted molar refractivity (Wildman–Crippen MR) is 93.2 cm³/mol. The van der Waals surface area contributed by atoms with E-state index in [4.69, 9.17) is 21.1 Å². The van der Waals surface area contributed by atoms with Gasteiger partial charge < -0.3 is 14.8 Å². The second-order valence-electron chi connectivity index (χ2n) is 5.77. The van der Waals surface area contributed by atoms with Crippen LogP contribution in [0.1, 0.15) is 44.1 Å². The summed E-state index contributed by atoms with van der Waals surface area (Å²) in [7, 11) is 3.10. The Balaban J connectivity index is 2.01. The topological polar surface area (TPSA) is 47.6 Å². The standard InChI is InChI=1S/C18H24ClNO3/c1-22-16-12-13(11-15(19)18(16)23-2)9-10-17(21)20-14-7-5-3-4-6-8-14/h9-12,14H,3-8H2,1-2H3,(H,20,21)/b10-9+. The van der Waals surface area contributed by atoms with Gasteiger partial charge in [-0.25, -0.2) is 0 Å². The summed E-state index contributed by atoms with van der Waals surface area (Å²) >= 11 is 6.16. The van der Waals surface area contributed by atoms with Gasteiger partial charge in [0.2, 0.25) is 5.91 Å². The van der Waals surface area contributed by atoms with Crippen molar-refractivity contribution >= 4 is 23.6 Å². The molecule has 4 nitrogen and oxygen atoms in total. The third-order valence-corrected chi connectivity index (χ3v) is 4.37. The molecule has 0 heterocycles. The molecule has 0 radical (unpaired) electrons. The molecule has 1 fully saturated rings. The van der Waals surface area contributed by atoms with Gasteiger partial charge in [-0.05, 0) is 36.6 Å². The molecule has 0 spiro atoms. The summed E-state index contributed by atoms with van der Waals surface area (Å²) in [4.78, 5) is 12.1. The van der Waals surface area contributed by atoms with Crippen LogP contribution in [0.25, 0.3) is 6.08 Å². The van der Waals surface area contributed by atoms with Crippen molar-refractivity contribution in [1.82, 2.24) is 5.32 Å². The fourth-order valence-corrected chi connectivity index (χ4v) is 3.18. The lowest BCUT2D eigenvalue weighted by Crippen LogP contribution is -2.33. The highest BCUT2D eigenvalue weighted by Crippen LogP contribution is 2.36. The Morgan fingerprint density at radius 1 is 1.17 bits per heavy atom. The highest BCUT2D eigenvalue weighted by atomic mass is 35.5. The first kappa shape index (κ1) is 17.7. The van der Waals surface area contributed by atoms with Crippen LogP contribution in [-0.4, -0.2) is 26.2 Å². The summed E-state index contributed by atoms with van der Waals surface area (Å²) in [6.07, 6.45) is 10.4. The highest BCUT2D eigenvalue weighted by Gasteiger charge is 2.13. The first-order chi connectivity index (χ1) is 11.1. The monoisotopic (exact) mass is 337 g/mol. The number of methoxy groups -OCH3 is 2. The highest BCUT2D eigenvalue weighted by molar-refractivity contribution is 6.32. The molecule has 1 saturated carbocycles. The Labute approximate surface area is 142 Å². The summed E-state index contributed by atoms with van der Waals surface area (Å²) in [6, 6.07) is 3.84. The first-order valence-electron chi connectivity index (χ1n) is 8.04. The zero-order chi connectivity index (χ0) is 16.7. The fourth-order valence-electron chi connectivity index (χ4n) is 2.88. The maximum absolute atomic E-state index is 12.1. The SMILES string of the molecule is COc1cc(/C=C/C(=O)NC2CCCCCC2)cc(Cl)c1OC. The van der Waals surface area contributed by atoms with E-state index in [0.717, 1.165) is 18.4 Å². The minimum atomic E-state index is -0.0668. The second-order valence-corrected chi connectivity index (χ2v) is 6.18. The van der Waals surface area contributed by atoms with E-state index in [1.807, 2.05) is 0 Å². The van der Waals surface area contributed by atoms with Gasteiger partial charge in [0.05, 0.1) is 19.2 Å². The molecular formula is C18H24ClNO3. The molecular weight excluding hydrogens is 314 g/mol. The van der Waals surface area contributed by atoms with E-state index in [0.29, 0.717) is 22.6 Å². The zero-order valence-electron chi connectivity index (χ0n) is 13.7. The van der Waals surface area contributed by atoms with E-state index in [-0.39, 0.29) is 5.91 Å². The number of rotatable bonds is 5. The van der Waals surface area contributed by atoms with E-state index < -0.39 is 0 Å². The number of nitrogens with one attached hydrogen (secondary N) is 1. The van der Waals surface area contributed by atoms with Crippen LogP contribution in [0.15, 0.2) is 18.2 Å². The minimum absolute atomic E-state index is 0.0668. The van der Waals surface area contributed by atoms with Crippen molar-refractivity contribution in [2.45, 2.75) is 44.6 Å². The lowest BCUT2D eigenvalue weighted by molar-refractivity contribution is -0.117. The summed E-state index contributed by atoms with van der Waals surface area (Å²) in [5, 5.41) is 3.53. The molecule has 1 aliphatic carbocycles. The van der Waals surface area contributed by atoms with Crippen molar-refractivity contribution < 1.29 is 14.3 Å². The number of carbonyl (C=O) groups is 1. The van der Waals surface area contributed by atoms with Crippen LogP contribution < -0.4 is 14.8 Å². The van der Waals surface area contributed by atoms with Crippen LogP contribution in [0.4, 0.5) is 0 Å². The van der Waals surface area contributed by atoms with Crippen molar-refractivity contribution in [1.29, 1.82) is 0 Å². The van der Waals surface area contributed by atoms with Gasteiger partial charge in [0.15, 0.2) is 11.5 Å². The van der Waals surface area contributed by atoms with Crippen molar-refractivity contribution in [3.63, 3.8) is 0 Å². The maximum Gasteiger partial charge on any atom is 0.244 e. The van der Waals surface area contributed by atoms with Crippen LogP contribution in [0.3, 0.4) is 0 Å². The molecule has 23 heavy (non-hydrogen) atoms. The van der Waals surface area contributed by atoms with Crippen molar-refractivity contribution in [3.8, 4) is 11.5 Å². The first-order valence-corrected chi connectivity index (χ1v) is 8.42. The van der Waals surface area contributed by atoms with Crippen molar-refractivity contribution in [2.75, 3.05) is 14.2 Å². The molecule has 0 bridgehead atoms. The summed E-state index contributed by atoms with van der Waals surface area (Å²) in [5.74, 6) is 0.973. The smallest absolute Gasteiger partial charge is 0.244 e. The Bertz CT molecular complexity index is 564. The molecule has 1 aromatic carbocycles. The van der Waals surface area contributed by atoms with Gasteiger partial charge in [0.1, 0.15) is 0 Å². The Kier molecular flexibility index (Phi) is 6.78. The van der Waals surface area contributed by atoms with E-state index in [1.165, 1.54) is 25.7 Å². The number of carbonyl (C=O) groups excluding carboxylic acids is 1. The molecule has 1 amide bonds. The van der Waals surface area contributed by atoms with Gasteiger partial charge in [-0.2, -0.15) is 0 Å². The van der Waals surface area contributed by atoms with Gasteiger partial charge in [0.25, 0.3) is 0 Å². The average molecular weight is 338 g/mol. The summed E-state index contributed by atoms with van der Waals surface area (Å²) in [6.45, 7) is 0. The number of halogens is 1. The maximum atomic E-state index is 12.1. The molecule has 0 unspecified atom stereocenters. The van der Waals surface area contributed by atoms with Crippen molar-refractivity contribution in [2.24, 2.45) is 0 Å². The summed E-state index contributed by atoms with van der Waals surface area (Å²) < 4.78 is 10.5. The molecule has 0 aromatic heterocycles. The van der Waals surface area contributed by atoms with Gasteiger partial charge >= 0.3 is 0 Å². The minimum Gasteiger partial charge on any atom is -0.493 e. The van der Waals surface area contributed by atoms with E-state index in [9.17, 15) is 4.79 Å². The predicted octanol–water partition coefficient (Wildman–Crippen LogP) is 4.21. The molecule has 126 valence electrons. The van der Waals surface area contributed by atoms with E-state index in [1.54, 1.807) is 38.5 Å². The van der Waals surface area contributed by atoms with Gasteiger partial charge in [0, 0.05) is 12.1 Å². The Morgan fingerprint density at radius 3 is 2.48 bits per heavy atom. The largest absolute Gasteiger partial charge is 0.493 e. The molecule has 5 heteroatoms. The van der Waals surface area contributed by atoms with Crippen LogP contribution in [-0.2, 0) is 4.79 Å². The van der Waals surface area contributed by atoms with E-state index >= 15 is 0 Å². The Morgan fingerprint density at radius 2 is 1.87 bits per heavy atom. The van der Waals surface area contributed by atoms with Crippen LogP contribution in [0.2, 0.25) is 5.02 Å². The Hall–Kier alpha value is -1.68. The lowest BCUT2D eigenvalue weighted by atomic mass is 10.1. The lowest BCUT2D eigenvalue weighted by Gasteiger charge is -2.14. The zero-order valence-corrected chi connectivity index (χ0v) is 14.5. The quantitative estimate of drug-likeness (QED) is 0.646. The third kappa shape index (κ3) is 5.17. The number of hydrogen-bond acceptors (Lipinski definition) is 3. The van der Waals surface area contributed by atoms with Crippen LogP contribution in [0, 0.1) is 0 Å². The molecule has 1 aromatic rings. The molecule has 1 aliphatic rings. The molecule has 2 rings (SSSR count). The molecule has 0 saturated heterocycles. The normalized spacial score (nSPS) is 16.1. The third-order valence-electron chi connectivity index (χ3n) is 4.08. The molecule has 1 N–H and O–H groups in total. The van der Waals surface area contributed by atoms with Crippen LogP contribution >= 0.6 is 11.6 Å². The fraction of sp³-hybridized carbons (Fsp3) is 0.500. The number of ether oxygens (including phenoxy) is 2. The summed E-state index contributed by atoms with van der Waals surface area (Å²) in [5.41, 5.74) is 0.795. The van der Waals surface area contributed by atoms with Gasteiger partial charge in [-0.1, -0.05) is 37.3 Å². The number of hydrogen-bond donors (Lipinski definition) is 1. The number of amides is 1. The second kappa shape index (κ2) is 8.82. The molecule has 0 aliphatic heterocycles. The van der Waals surface area contributed by atoms with E-state index in [2.05, 4.69) is 5.32 Å². The average Bonchev–Trinajstić information content (AvgIpc) is 2.81. The van der Waals surface area contributed by atoms with Crippen LogP contribution in [0.5, 0.6) is 11.5 Å². The number of benzene rings is 1.